The maximum atomic E-state index is 11.3. The van der Waals surface area contributed by atoms with Crippen molar-refractivity contribution in [3.05, 3.63) is 65.7 Å². The van der Waals surface area contributed by atoms with Gasteiger partial charge in [-0.1, -0.05) is 84.0 Å². The Balaban J connectivity index is -0.000000142. The first-order valence-electron chi connectivity index (χ1n) is 15.3. The van der Waals surface area contributed by atoms with Crippen molar-refractivity contribution in [3.63, 3.8) is 0 Å². The minimum atomic E-state index is -0.245. The lowest BCUT2D eigenvalue weighted by Crippen LogP contribution is -2.30. The molecule has 0 saturated carbocycles. The molecule has 0 radical (unpaired) electrons. The van der Waals surface area contributed by atoms with Crippen molar-refractivity contribution in [2.24, 2.45) is 11.5 Å². The average Bonchev–Trinajstić information content (AvgIpc) is 3.03. The highest BCUT2D eigenvalue weighted by Crippen LogP contribution is 2.14. The van der Waals surface area contributed by atoms with E-state index in [0.29, 0.717) is 19.1 Å². The van der Waals surface area contributed by atoms with Gasteiger partial charge in [0, 0.05) is 26.1 Å². The molecule has 0 aromatic heterocycles. The van der Waals surface area contributed by atoms with Crippen LogP contribution in [0.4, 0.5) is 0 Å². The number of ether oxygens (including phenoxy) is 2. The van der Waals surface area contributed by atoms with Gasteiger partial charge in [-0.15, -0.1) is 0 Å². The van der Waals surface area contributed by atoms with Crippen LogP contribution in [0.2, 0.25) is 0 Å². The van der Waals surface area contributed by atoms with Crippen molar-refractivity contribution in [2.45, 2.75) is 93.8 Å². The standard InChI is InChI=1S/C19H24N2O2.C3H9N.C3H6O2.C2H7N.2C2H4O.2C2H6/c1-23-19-9-5-8-17(13-19)14-21(15-22)11-10-18(20)12-16-6-3-2-4-7-16;1-3(2)4;1-3(4)5-2;1-3-2;2*1-2-3;2*1-2/h2-9,13,15,18H,10-12,14,20H2,1H3;3H,4H2,1-2H3;1-2H3;3H,1-2H3;2*2H,1H3;2*1-2H3/t18-;;;;;;;/m1......./s1. The number of amides is 1. The van der Waals surface area contributed by atoms with E-state index in [-0.39, 0.29) is 12.0 Å². The molecule has 0 aliphatic heterocycles. The average molecular weight is 639 g/mol. The van der Waals surface area contributed by atoms with Gasteiger partial charge in [-0.05, 0) is 70.1 Å². The molecule has 10 heteroatoms. The Morgan fingerprint density at radius 2 is 1.27 bits per heavy atom. The number of hydrogen-bond donors (Lipinski definition) is 3. The fourth-order valence-corrected chi connectivity index (χ4v) is 2.52. The summed E-state index contributed by atoms with van der Waals surface area (Å²) >= 11 is 0. The van der Waals surface area contributed by atoms with E-state index in [1.54, 1.807) is 12.0 Å². The lowest BCUT2D eigenvalue weighted by Gasteiger charge is -2.20. The predicted octanol–water partition coefficient (Wildman–Crippen LogP) is 5.44. The van der Waals surface area contributed by atoms with E-state index < -0.39 is 0 Å². The molecule has 0 saturated heterocycles. The van der Waals surface area contributed by atoms with Crippen LogP contribution in [0, 0.1) is 0 Å². The van der Waals surface area contributed by atoms with Gasteiger partial charge in [0.05, 0.1) is 14.2 Å². The van der Waals surface area contributed by atoms with Gasteiger partial charge in [-0.2, -0.15) is 0 Å². The lowest BCUT2D eigenvalue weighted by atomic mass is 10.0. The van der Waals surface area contributed by atoms with Gasteiger partial charge in [0.25, 0.3) is 0 Å². The number of hydrogen-bond acceptors (Lipinski definition) is 9. The Morgan fingerprint density at radius 1 is 0.867 bits per heavy atom. The van der Waals surface area contributed by atoms with Gasteiger partial charge < -0.3 is 40.7 Å². The third-order valence-corrected chi connectivity index (χ3v) is 4.08. The molecule has 1 atom stereocenters. The van der Waals surface area contributed by atoms with E-state index in [2.05, 4.69) is 22.2 Å². The fourth-order valence-electron chi connectivity index (χ4n) is 2.52. The number of benzene rings is 2. The third kappa shape index (κ3) is 53.4. The Kier molecular flexibility index (Phi) is 56.7. The van der Waals surface area contributed by atoms with Crippen LogP contribution in [0.3, 0.4) is 0 Å². The number of carbonyl (C=O) groups excluding carboxylic acids is 4. The van der Waals surface area contributed by atoms with Crippen molar-refractivity contribution in [3.8, 4) is 5.75 Å². The first-order chi connectivity index (χ1) is 21.5. The molecule has 2 rings (SSSR count). The zero-order chi connectivity index (χ0) is 36.5. The highest BCUT2D eigenvalue weighted by Gasteiger charge is 2.09. The van der Waals surface area contributed by atoms with Crippen LogP contribution >= 0.6 is 0 Å². The van der Waals surface area contributed by atoms with Gasteiger partial charge in [-0.3, -0.25) is 9.59 Å². The van der Waals surface area contributed by atoms with E-state index in [9.17, 15) is 9.59 Å². The van der Waals surface area contributed by atoms with Crippen LogP contribution in [0.15, 0.2) is 54.6 Å². The number of methoxy groups -OCH3 is 2. The van der Waals surface area contributed by atoms with Crippen LogP contribution in [0.1, 0.15) is 79.9 Å². The quantitative estimate of drug-likeness (QED) is 0.240. The summed E-state index contributed by atoms with van der Waals surface area (Å²) in [7, 11) is 6.74. The molecular weight excluding hydrogens is 572 g/mol. The highest BCUT2D eigenvalue weighted by atomic mass is 16.5. The Morgan fingerprint density at radius 3 is 1.62 bits per heavy atom. The summed E-state index contributed by atoms with van der Waals surface area (Å²) < 4.78 is 9.32. The number of aldehydes is 2. The van der Waals surface area contributed by atoms with E-state index in [1.165, 1.54) is 33.4 Å². The Labute approximate surface area is 275 Å². The molecule has 1 amide bonds. The smallest absolute Gasteiger partial charge is 0.302 e. The van der Waals surface area contributed by atoms with Gasteiger partial charge in [0.15, 0.2) is 0 Å². The van der Waals surface area contributed by atoms with Gasteiger partial charge in [0.2, 0.25) is 6.41 Å². The number of nitrogens with one attached hydrogen (secondary N) is 1. The van der Waals surface area contributed by atoms with E-state index in [4.69, 9.17) is 25.8 Å². The molecule has 5 N–H and O–H groups in total. The van der Waals surface area contributed by atoms with Gasteiger partial charge >= 0.3 is 5.97 Å². The highest BCUT2D eigenvalue weighted by molar-refractivity contribution is 5.65. The van der Waals surface area contributed by atoms with Crippen molar-refractivity contribution in [1.82, 2.24) is 10.2 Å². The third-order valence-electron chi connectivity index (χ3n) is 4.08. The van der Waals surface area contributed by atoms with E-state index in [1.807, 2.05) is 98.1 Å². The van der Waals surface area contributed by atoms with Gasteiger partial charge in [-0.25, -0.2) is 0 Å². The summed E-state index contributed by atoms with van der Waals surface area (Å²) in [5.41, 5.74) is 13.6. The second kappa shape index (κ2) is 47.3. The molecule has 10 nitrogen and oxygen atoms in total. The number of rotatable bonds is 9. The SMILES string of the molecule is CC.CC.CC(C)N.CC=O.CC=O.CNC.COC(C)=O.COc1cccc(CN(C=O)CC[C@@H](N)Cc2ccccc2)c1. The summed E-state index contributed by atoms with van der Waals surface area (Å²) in [6.45, 7) is 17.4. The molecule has 0 unspecified atom stereocenters. The molecule has 45 heavy (non-hydrogen) atoms. The maximum absolute atomic E-state index is 11.3. The maximum Gasteiger partial charge on any atom is 0.302 e. The number of esters is 1. The first-order valence-corrected chi connectivity index (χ1v) is 15.3. The largest absolute Gasteiger partial charge is 0.497 e. The molecule has 2 aromatic carbocycles. The molecule has 0 fully saturated rings. The molecule has 0 heterocycles. The van der Waals surface area contributed by atoms with Crippen molar-refractivity contribution in [1.29, 1.82) is 0 Å². The molecular formula is C35H66N4O6. The second-order valence-corrected chi connectivity index (χ2v) is 8.58. The molecule has 0 aliphatic rings. The Bertz CT molecular complexity index is 859. The number of nitrogens with zero attached hydrogens (tertiary/aromatic N) is 1. The van der Waals surface area contributed by atoms with Crippen LogP contribution in [-0.2, 0) is 36.9 Å². The second-order valence-electron chi connectivity index (χ2n) is 8.58. The Hall–Kier alpha value is -3.60. The summed E-state index contributed by atoms with van der Waals surface area (Å²) in [5.74, 6) is 0.555. The van der Waals surface area contributed by atoms with E-state index in [0.717, 1.165) is 43.1 Å². The number of carbonyl (C=O) groups is 4. The first kappa shape index (κ1) is 53.9. The monoisotopic (exact) mass is 638 g/mol. The molecule has 262 valence electrons. The van der Waals surface area contributed by atoms with Crippen LogP contribution < -0.4 is 21.5 Å². The fraction of sp³-hybridized carbons (Fsp3) is 0.543. The molecule has 0 bridgehead atoms. The normalized spacial score (nSPS) is 8.80. The van der Waals surface area contributed by atoms with E-state index >= 15 is 0 Å². The zero-order valence-corrected chi connectivity index (χ0v) is 30.5. The minimum Gasteiger partial charge on any atom is -0.497 e. The minimum absolute atomic E-state index is 0.0464. The molecule has 2 aromatic rings. The predicted molar refractivity (Wildman–Crippen MR) is 190 cm³/mol. The summed E-state index contributed by atoms with van der Waals surface area (Å²) in [5, 5.41) is 2.75. The zero-order valence-electron chi connectivity index (χ0n) is 30.5. The summed E-state index contributed by atoms with van der Waals surface area (Å²) in [6, 6.07) is 18.3. The van der Waals surface area contributed by atoms with Crippen LogP contribution in [-0.4, -0.2) is 76.8 Å². The topological polar surface area (TPSA) is 154 Å². The molecule has 0 spiro atoms. The summed E-state index contributed by atoms with van der Waals surface area (Å²) in [4.78, 5) is 40.2. The van der Waals surface area contributed by atoms with Crippen molar-refractivity contribution < 1.29 is 28.7 Å². The van der Waals surface area contributed by atoms with Crippen LogP contribution in [0.5, 0.6) is 5.75 Å². The van der Waals surface area contributed by atoms with Crippen molar-refractivity contribution >= 4 is 25.0 Å². The number of nitrogens with two attached hydrogens (primary N) is 2. The molecule has 0 aliphatic carbocycles. The van der Waals surface area contributed by atoms with Crippen molar-refractivity contribution in [2.75, 3.05) is 34.9 Å². The van der Waals surface area contributed by atoms with Crippen LogP contribution in [0.25, 0.3) is 0 Å². The lowest BCUT2D eigenvalue weighted by molar-refractivity contribution is -0.138. The van der Waals surface area contributed by atoms with Gasteiger partial charge in [0.1, 0.15) is 18.3 Å². The summed E-state index contributed by atoms with van der Waals surface area (Å²) in [6.07, 6.45) is 3.99.